The van der Waals surface area contributed by atoms with Gasteiger partial charge in [0.2, 0.25) is 5.78 Å². The Kier molecular flexibility index (Phi) is 8.48. The molecule has 1 saturated carbocycles. The summed E-state index contributed by atoms with van der Waals surface area (Å²) in [5, 5.41) is 47.2. The number of amides is 1. The molecule has 2 unspecified atom stereocenters. The lowest BCUT2D eigenvalue weighted by molar-refractivity contribution is -0.147. The Morgan fingerprint density at radius 3 is 2.46 bits per heavy atom. The number of nitrogens with one attached hydrogen (secondary N) is 2. The summed E-state index contributed by atoms with van der Waals surface area (Å²) >= 11 is 0. The van der Waals surface area contributed by atoms with E-state index < -0.39 is 52.0 Å². The van der Waals surface area contributed by atoms with E-state index in [4.69, 9.17) is 10.6 Å². The SMILES string of the molecule is C.C.CNc1cc(CNOC(C)C)c(O)c2c1CC1CC3CC(=O)C(C(N)=O)=C(O)[C@@]3(O)C(=O)C1=C2O.[HH].[HH]. The van der Waals surface area contributed by atoms with Crippen molar-refractivity contribution in [3.05, 3.63) is 39.7 Å². The lowest BCUT2D eigenvalue weighted by Crippen LogP contribution is -2.58. The monoisotopic (exact) mass is 523 g/mol. The topological polar surface area (TPSA) is 191 Å². The molecule has 4 rings (SSSR count). The Morgan fingerprint density at radius 1 is 1.24 bits per heavy atom. The molecule has 8 N–H and O–H groups in total. The van der Waals surface area contributed by atoms with Crippen LogP contribution < -0.4 is 16.5 Å². The second-order valence-electron chi connectivity index (χ2n) is 9.43. The van der Waals surface area contributed by atoms with Gasteiger partial charge < -0.3 is 31.5 Å². The van der Waals surface area contributed by atoms with Crippen LogP contribution in [0, 0.1) is 11.8 Å². The normalized spacial score (nSPS) is 24.6. The number of phenols is 1. The molecule has 0 spiro atoms. The zero-order chi connectivity index (χ0) is 25.8. The number of phenolic OH excluding ortho intramolecular Hbond substituents is 1. The highest BCUT2D eigenvalue weighted by Gasteiger charge is 2.60. The second kappa shape index (κ2) is 10.5. The van der Waals surface area contributed by atoms with Gasteiger partial charge in [-0.2, -0.15) is 5.48 Å². The molecular weight excluding hydrogens is 482 g/mol. The molecule has 1 amide bonds. The average molecular weight is 524 g/mol. The van der Waals surface area contributed by atoms with Crippen molar-refractivity contribution in [2.24, 2.45) is 17.6 Å². The first-order valence-electron chi connectivity index (χ1n) is 11.3. The van der Waals surface area contributed by atoms with Crippen molar-refractivity contribution in [1.82, 2.24) is 5.48 Å². The van der Waals surface area contributed by atoms with Crippen LogP contribution in [0.5, 0.6) is 5.75 Å². The molecule has 1 fully saturated rings. The third-order valence-electron chi connectivity index (χ3n) is 6.99. The van der Waals surface area contributed by atoms with E-state index in [0.29, 0.717) is 16.8 Å². The number of hydroxylamine groups is 1. The lowest BCUT2D eigenvalue weighted by atomic mass is 9.59. The quantitative estimate of drug-likeness (QED) is 0.166. The molecule has 0 saturated heterocycles. The van der Waals surface area contributed by atoms with E-state index in [1.54, 1.807) is 13.1 Å². The van der Waals surface area contributed by atoms with Crippen molar-refractivity contribution in [3.8, 4) is 5.75 Å². The van der Waals surface area contributed by atoms with E-state index in [1.165, 1.54) is 0 Å². The summed E-state index contributed by atoms with van der Waals surface area (Å²) in [6.45, 7) is 3.76. The number of nitrogens with two attached hydrogens (primary N) is 1. The van der Waals surface area contributed by atoms with Crippen LogP contribution in [0.1, 0.15) is 61.1 Å². The van der Waals surface area contributed by atoms with Crippen molar-refractivity contribution in [2.75, 3.05) is 12.4 Å². The third kappa shape index (κ3) is 4.47. The molecular formula is C26H41N3O8. The maximum atomic E-state index is 13.6. The number of aromatic hydroxyl groups is 1. The number of aliphatic hydroxyl groups excluding tert-OH is 2. The first-order chi connectivity index (χ1) is 16.4. The van der Waals surface area contributed by atoms with Gasteiger partial charge in [0.1, 0.15) is 22.8 Å². The van der Waals surface area contributed by atoms with Gasteiger partial charge in [-0.25, -0.2) is 0 Å². The second-order valence-corrected chi connectivity index (χ2v) is 9.43. The van der Waals surface area contributed by atoms with E-state index in [0.717, 1.165) is 0 Å². The number of carbonyl (C=O) groups is 3. The van der Waals surface area contributed by atoms with Crippen molar-refractivity contribution >= 4 is 28.9 Å². The number of rotatable bonds is 6. The van der Waals surface area contributed by atoms with Crippen molar-refractivity contribution < 1.29 is 42.5 Å². The lowest BCUT2D eigenvalue weighted by Gasteiger charge is -2.46. The van der Waals surface area contributed by atoms with Crippen LogP contribution in [-0.4, -0.2) is 56.7 Å². The highest BCUT2D eigenvalue weighted by molar-refractivity contribution is 6.22. The third-order valence-corrected chi connectivity index (χ3v) is 6.99. The fourth-order valence-electron chi connectivity index (χ4n) is 5.39. The Morgan fingerprint density at radius 2 is 1.89 bits per heavy atom. The number of fused-ring (bicyclic) bond motifs is 3. The molecule has 0 radical (unpaired) electrons. The van der Waals surface area contributed by atoms with Crippen LogP contribution in [0.2, 0.25) is 0 Å². The maximum Gasteiger partial charge on any atom is 0.255 e. The van der Waals surface area contributed by atoms with Gasteiger partial charge in [0.15, 0.2) is 11.4 Å². The average Bonchev–Trinajstić information content (AvgIpc) is 2.77. The number of primary amides is 1. The van der Waals surface area contributed by atoms with E-state index in [9.17, 15) is 34.8 Å². The number of ketones is 2. The summed E-state index contributed by atoms with van der Waals surface area (Å²) in [5.41, 5.74) is 5.99. The van der Waals surface area contributed by atoms with Crippen LogP contribution in [0.4, 0.5) is 5.69 Å². The van der Waals surface area contributed by atoms with E-state index in [1.807, 2.05) is 13.8 Å². The number of aliphatic hydroxyl groups is 3. The minimum Gasteiger partial charge on any atom is -0.508 e. The van der Waals surface area contributed by atoms with Gasteiger partial charge in [-0.1, -0.05) is 14.9 Å². The summed E-state index contributed by atoms with van der Waals surface area (Å²) in [7, 11) is 1.68. The molecule has 0 aromatic heterocycles. The zero-order valence-electron chi connectivity index (χ0n) is 19.6. The molecule has 1 aromatic rings. The molecule has 3 aliphatic rings. The predicted molar refractivity (Wildman–Crippen MR) is 142 cm³/mol. The van der Waals surface area contributed by atoms with Crippen LogP contribution >= 0.6 is 0 Å². The molecule has 11 nitrogen and oxygen atoms in total. The minimum absolute atomic E-state index is 0. The van der Waals surface area contributed by atoms with E-state index >= 15 is 0 Å². The number of anilines is 1. The summed E-state index contributed by atoms with van der Waals surface area (Å²) in [6.07, 6.45) is -0.157. The van der Waals surface area contributed by atoms with Gasteiger partial charge in [-0.3, -0.25) is 19.2 Å². The summed E-state index contributed by atoms with van der Waals surface area (Å²) in [5.74, 6) is -6.50. The van der Waals surface area contributed by atoms with E-state index in [2.05, 4.69) is 10.8 Å². The molecule has 3 atom stereocenters. The highest BCUT2D eigenvalue weighted by Crippen LogP contribution is 2.53. The van der Waals surface area contributed by atoms with Gasteiger partial charge in [0.05, 0.1) is 11.7 Å². The molecule has 0 aliphatic heterocycles. The van der Waals surface area contributed by atoms with Crippen molar-refractivity contribution in [2.45, 2.75) is 66.2 Å². The standard InChI is InChI=1S/C24H29N3O8.2CH4.2H2/c1-9(2)35-27-8-11-6-14(26-3)13-5-10-4-12-7-15(28)18(23(25)33)22(32)24(12,34)21(31)16(10)20(30)17(13)19(11)29;;;;/h6,9-10,12,26-27,29-30,32,34H,4-5,7-8H2,1-3H3,(H2,25,33);2*1H4;2*1H/t10?,12?,24-;;;;/m0..../s1. The van der Waals surface area contributed by atoms with Crippen LogP contribution in [-0.2, 0) is 32.2 Å². The van der Waals surface area contributed by atoms with Crippen molar-refractivity contribution in [1.29, 1.82) is 0 Å². The fourth-order valence-corrected chi connectivity index (χ4v) is 5.39. The summed E-state index contributed by atoms with van der Waals surface area (Å²) in [4.78, 5) is 43.0. The maximum absolute atomic E-state index is 13.6. The first-order valence-corrected chi connectivity index (χ1v) is 11.3. The Labute approximate surface area is 218 Å². The van der Waals surface area contributed by atoms with Crippen LogP contribution in [0.3, 0.4) is 0 Å². The van der Waals surface area contributed by atoms with Crippen molar-refractivity contribution in [3.63, 3.8) is 0 Å². The predicted octanol–water partition coefficient (Wildman–Crippen LogP) is 2.66. The number of carbonyl (C=O) groups excluding carboxylic acids is 3. The Balaban J connectivity index is 0.00000361. The Hall–Kier alpha value is -3.41. The van der Waals surface area contributed by atoms with Crippen LogP contribution in [0.15, 0.2) is 23.0 Å². The number of hydrogen-bond acceptors (Lipinski definition) is 10. The minimum atomic E-state index is -2.58. The molecule has 37 heavy (non-hydrogen) atoms. The van der Waals surface area contributed by atoms with E-state index in [-0.39, 0.29) is 66.5 Å². The summed E-state index contributed by atoms with van der Waals surface area (Å²) < 4.78 is 0. The fraction of sp³-hybridized carbons (Fsp3) is 0.500. The molecule has 3 aliphatic carbocycles. The molecule has 0 heterocycles. The molecule has 0 bridgehead atoms. The highest BCUT2D eigenvalue weighted by atomic mass is 16.7. The van der Waals surface area contributed by atoms with Gasteiger partial charge >= 0.3 is 0 Å². The first kappa shape index (κ1) is 29.8. The number of Topliss-reactive ketones (excluding diaryl/α,β-unsaturated/α-hetero) is 2. The zero-order valence-corrected chi connectivity index (χ0v) is 19.6. The largest absolute Gasteiger partial charge is 0.508 e. The number of hydrogen-bond donors (Lipinski definition) is 7. The summed E-state index contributed by atoms with van der Waals surface area (Å²) in [6, 6.07) is 1.71. The van der Waals surface area contributed by atoms with Gasteiger partial charge in [0.25, 0.3) is 5.91 Å². The molecule has 208 valence electrons. The molecule has 1 aromatic carbocycles. The van der Waals surface area contributed by atoms with Gasteiger partial charge in [0, 0.05) is 45.6 Å². The van der Waals surface area contributed by atoms with Gasteiger partial charge in [-0.05, 0) is 44.2 Å². The molecule has 11 heteroatoms. The van der Waals surface area contributed by atoms with Crippen LogP contribution in [0.25, 0.3) is 5.76 Å². The number of benzene rings is 1. The van der Waals surface area contributed by atoms with Gasteiger partial charge in [-0.15, -0.1) is 0 Å². The Bertz CT molecular complexity index is 1210. The smallest absolute Gasteiger partial charge is 0.255 e.